The molecule has 2 rings (SSSR count). The summed E-state index contributed by atoms with van der Waals surface area (Å²) in [4.78, 5) is 33.7. The molecule has 0 fully saturated rings. The van der Waals surface area contributed by atoms with Crippen LogP contribution in [0.15, 0.2) is 18.2 Å². The van der Waals surface area contributed by atoms with Gasteiger partial charge in [0.1, 0.15) is 17.4 Å². The third-order valence-corrected chi connectivity index (χ3v) is 3.68. The maximum Gasteiger partial charge on any atom is 0.293 e. The van der Waals surface area contributed by atoms with Crippen molar-refractivity contribution in [3.05, 3.63) is 33.9 Å². The van der Waals surface area contributed by atoms with E-state index in [9.17, 15) is 19.7 Å². The van der Waals surface area contributed by atoms with Crippen LogP contribution in [0.4, 0.5) is 5.69 Å². The molecule has 0 aliphatic carbocycles. The van der Waals surface area contributed by atoms with Crippen LogP contribution in [-0.2, 0) is 14.3 Å². The molecule has 1 amide bonds. The molecule has 1 aromatic carbocycles. The molecule has 22 heavy (non-hydrogen) atoms. The Bertz CT molecular complexity index is 615. The van der Waals surface area contributed by atoms with Crippen LogP contribution in [0.1, 0.15) is 25.5 Å². The molecule has 2 unspecified atom stereocenters. The largest absolute Gasteiger partial charge is 0.484 e. The number of fused-ring (bicyclic) bond motifs is 1. The summed E-state index contributed by atoms with van der Waals surface area (Å²) in [6.45, 7) is 3.72. The Morgan fingerprint density at radius 1 is 1.41 bits per heavy atom. The lowest BCUT2D eigenvalue weighted by atomic mass is 9.85. The van der Waals surface area contributed by atoms with Gasteiger partial charge in [-0.15, -0.1) is 0 Å². The van der Waals surface area contributed by atoms with Crippen LogP contribution in [-0.4, -0.2) is 41.5 Å². The number of carbonyl (C=O) groups excluding carboxylic acids is 2. The molecule has 8 heteroatoms. The molecule has 1 aromatic rings. The van der Waals surface area contributed by atoms with Gasteiger partial charge in [0.15, 0.2) is 6.10 Å². The molecule has 1 heterocycles. The SMILES string of the molecule is CN(C=O)C1c2cc([N+](=O)[O-])ccc2OC(C)(C)C1OC=O. The van der Waals surface area contributed by atoms with E-state index in [1.807, 2.05) is 0 Å². The molecule has 118 valence electrons. The summed E-state index contributed by atoms with van der Waals surface area (Å²) in [5.74, 6) is 0.417. The highest BCUT2D eigenvalue weighted by molar-refractivity contribution is 5.54. The Morgan fingerprint density at radius 3 is 2.64 bits per heavy atom. The van der Waals surface area contributed by atoms with Crippen LogP contribution >= 0.6 is 0 Å². The number of rotatable bonds is 5. The van der Waals surface area contributed by atoms with Crippen LogP contribution in [0, 0.1) is 10.1 Å². The van der Waals surface area contributed by atoms with Crippen molar-refractivity contribution in [2.45, 2.75) is 31.6 Å². The van der Waals surface area contributed by atoms with E-state index >= 15 is 0 Å². The summed E-state index contributed by atoms with van der Waals surface area (Å²) >= 11 is 0. The molecule has 1 aliphatic heterocycles. The number of amides is 1. The van der Waals surface area contributed by atoms with Crippen LogP contribution in [0.5, 0.6) is 5.75 Å². The van der Waals surface area contributed by atoms with Gasteiger partial charge in [0.05, 0.1) is 4.92 Å². The molecule has 0 N–H and O–H groups in total. The standard InChI is InChI=1S/C14H16N2O6/c1-14(2)13(21-8-18)12(15(3)7-17)10-6-9(16(19)20)4-5-11(10)22-14/h4-8,12-13H,1-3H3. The molecule has 0 spiro atoms. The Labute approximate surface area is 126 Å². The Balaban J connectivity index is 2.62. The first-order valence-corrected chi connectivity index (χ1v) is 6.55. The minimum Gasteiger partial charge on any atom is -0.484 e. The predicted octanol–water partition coefficient (Wildman–Crippen LogP) is 1.44. The number of carbonyl (C=O) groups is 2. The average Bonchev–Trinajstić information content (AvgIpc) is 2.46. The summed E-state index contributed by atoms with van der Waals surface area (Å²) in [5.41, 5.74) is -0.599. The van der Waals surface area contributed by atoms with E-state index in [0.29, 0.717) is 17.7 Å². The van der Waals surface area contributed by atoms with Gasteiger partial charge in [0.25, 0.3) is 12.2 Å². The smallest absolute Gasteiger partial charge is 0.293 e. The molecular weight excluding hydrogens is 292 g/mol. The molecule has 8 nitrogen and oxygen atoms in total. The summed E-state index contributed by atoms with van der Waals surface area (Å²) < 4.78 is 10.9. The van der Waals surface area contributed by atoms with E-state index < -0.39 is 22.7 Å². The monoisotopic (exact) mass is 308 g/mol. The summed E-state index contributed by atoms with van der Waals surface area (Å²) in [6, 6.07) is 3.46. The minimum atomic E-state index is -0.897. The van der Waals surface area contributed by atoms with Crippen molar-refractivity contribution in [3.8, 4) is 5.75 Å². The molecule has 0 saturated heterocycles. The third-order valence-electron chi connectivity index (χ3n) is 3.68. The zero-order chi connectivity index (χ0) is 16.5. The van der Waals surface area contributed by atoms with Gasteiger partial charge in [-0.05, 0) is 19.9 Å². The lowest BCUT2D eigenvalue weighted by Crippen LogP contribution is -2.53. The highest BCUT2D eigenvalue weighted by Gasteiger charge is 2.47. The number of nitrogens with zero attached hydrogens (tertiary/aromatic N) is 2. The van der Waals surface area contributed by atoms with Crippen molar-refractivity contribution in [2.75, 3.05) is 7.05 Å². The summed E-state index contributed by atoms with van der Waals surface area (Å²) in [6.07, 6.45) is -0.217. The summed E-state index contributed by atoms with van der Waals surface area (Å²) in [7, 11) is 1.52. The fourth-order valence-corrected chi connectivity index (χ4v) is 2.65. The fourth-order valence-electron chi connectivity index (χ4n) is 2.65. The zero-order valence-corrected chi connectivity index (χ0v) is 12.4. The topological polar surface area (TPSA) is 99.0 Å². The maximum atomic E-state index is 11.2. The maximum absolute atomic E-state index is 11.2. The van der Waals surface area contributed by atoms with Crippen molar-refractivity contribution in [1.29, 1.82) is 0 Å². The Hall–Kier alpha value is -2.64. The van der Waals surface area contributed by atoms with E-state index in [0.717, 1.165) is 0 Å². The van der Waals surface area contributed by atoms with Crippen LogP contribution < -0.4 is 4.74 Å². The summed E-state index contributed by atoms with van der Waals surface area (Å²) in [5, 5.41) is 11.0. The first-order valence-electron chi connectivity index (χ1n) is 6.55. The number of likely N-dealkylation sites (N-methyl/N-ethyl adjacent to an activating group) is 1. The highest BCUT2D eigenvalue weighted by Crippen LogP contribution is 2.44. The van der Waals surface area contributed by atoms with Gasteiger partial charge in [0.2, 0.25) is 6.41 Å². The van der Waals surface area contributed by atoms with E-state index in [2.05, 4.69) is 0 Å². The van der Waals surface area contributed by atoms with Crippen molar-refractivity contribution < 1.29 is 24.0 Å². The van der Waals surface area contributed by atoms with Crippen LogP contribution in [0.3, 0.4) is 0 Å². The third kappa shape index (κ3) is 2.59. The van der Waals surface area contributed by atoms with Crippen molar-refractivity contribution in [1.82, 2.24) is 4.90 Å². The first kappa shape index (κ1) is 15.7. The molecule has 0 aromatic heterocycles. The van der Waals surface area contributed by atoms with E-state index in [1.54, 1.807) is 13.8 Å². The number of non-ortho nitro benzene ring substituents is 1. The number of hydrogen-bond donors (Lipinski definition) is 0. The number of nitro benzene ring substituents is 1. The molecule has 1 aliphatic rings. The van der Waals surface area contributed by atoms with Gasteiger partial charge in [-0.2, -0.15) is 0 Å². The predicted molar refractivity (Wildman–Crippen MR) is 75.3 cm³/mol. The quantitative estimate of drug-likeness (QED) is 0.463. The number of nitro groups is 1. The van der Waals surface area contributed by atoms with Gasteiger partial charge in [0, 0.05) is 24.7 Å². The van der Waals surface area contributed by atoms with Gasteiger partial charge >= 0.3 is 0 Å². The van der Waals surface area contributed by atoms with Gasteiger partial charge in [-0.25, -0.2) is 0 Å². The van der Waals surface area contributed by atoms with Gasteiger partial charge < -0.3 is 14.4 Å². The van der Waals surface area contributed by atoms with Crippen LogP contribution in [0.25, 0.3) is 0 Å². The lowest BCUT2D eigenvalue weighted by Gasteiger charge is -2.45. The molecule has 0 saturated carbocycles. The Morgan fingerprint density at radius 2 is 2.09 bits per heavy atom. The second kappa shape index (κ2) is 5.63. The lowest BCUT2D eigenvalue weighted by molar-refractivity contribution is -0.385. The normalized spacial score (nSPS) is 22.0. The number of ether oxygens (including phenoxy) is 2. The van der Waals surface area contributed by atoms with E-state index in [4.69, 9.17) is 9.47 Å². The van der Waals surface area contributed by atoms with E-state index in [-0.39, 0.29) is 12.2 Å². The molecule has 0 bridgehead atoms. The minimum absolute atomic E-state index is 0.129. The van der Waals surface area contributed by atoms with Gasteiger partial charge in [-0.3, -0.25) is 19.7 Å². The fraction of sp³-hybridized carbons (Fsp3) is 0.429. The first-order chi connectivity index (χ1) is 10.3. The van der Waals surface area contributed by atoms with E-state index in [1.165, 1.54) is 30.1 Å². The van der Waals surface area contributed by atoms with Gasteiger partial charge in [-0.1, -0.05) is 0 Å². The van der Waals surface area contributed by atoms with Crippen molar-refractivity contribution in [3.63, 3.8) is 0 Å². The highest BCUT2D eigenvalue weighted by atomic mass is 16.6. The van der Waals surface area contributed by atoms with Crippen molar-refractivity contribution >= 4 is 18.6 Å². The second-order valence-electron chi connectivity index (χ2n) is 5.55. The average molecular weight is 308 g/mol. The Kier molecular flexibility index (Phi) is 4.03. The number of benzene rings is 1. The molecule has 0 radical (unpaired) electrons. The van der Waals surface area contributed by atoms with Crippen molar-refractivity contribution in [2.24, 2.45) is 0 Å². The molecular formula is C14H16N2O6. The zero-order valence-electron chi connectivity index (χ0n) is 12.4. The van der Waals surface area contributed by atoms with Crippen LogP contribution in [0.2, 0.25) is 0 Å². The molecule has 2 atom stereocenters. The number of hydrogen-bond acceptors (Lipinski definition) is 6. The second-order valence-corrected chi connectivity index (χ2v) is 5.55.